The van der Waals surface area contributed by atoms with Gasteiger partial charge in [-0.25, -0.2) is 15.2 Å². The number of hydrazine groups is 1. The molecule has 21 heavy (non-hydrogen) atoms. The largest absolute Gasteiger partial charge is 0.430 e. The molecule has 0 aliphatic heterocycles. The van der Waals surface area contributed by atoms with E-state index in [4.69, 9.17) is 10.6 Å². The Labute approximate surface area is 126 Å². The van der Waals surface area contributed by atoms with Crippen LogP contribution in [0.1, 0.15) is 5.69 Å². The van der Waals surface area contributed by atoms with Crippen molar-refractivity contribution in [3.8, 4) is 11.6 Å². The van der Waals surface area contributed by atoms with Crippen LogP contribution in [-0.2, 0) is 0 Å². The van der Waals surface area contributed by atoms with Crippen LogP contribution < -0.4 is 16.0 Å². The predicted molar refractivity (Wildman–Crippen MR) is 75.4 cm³/mol. The van der Waals surface area contributed by atoms with Crippen molar-refractivity contribution in [2.45, 2.75) is 6.92 Å². The highest BCUT2D eigenvalue weighted by atomic mass is 79.9. The minimum absolute atomic E-state index is 0.0355. The van der Waals surface area contributed by atoms with Crippen LogP contribution in [0.4, 0.5) is 16.0 Å². The highest BCUT2D eigenvalue weighted by Gasteiger charge is 2.25. The van der Waals surface area contributed by atoms with E-state index in [9.17, 15) is 14.5 Å². The van der Waals surface area contributed by atoms with Gasteiger partial charge in [0.25, 0.3) is 0 Å². The summed E-state index contributed by atoms with van der Waals surface area (Å²) in [5.41, 5.74) is 1.73. The number of nitrogens with zero attached hydrogens (tertiary/aromatic N) is 3. The molecule has 2 aromatic rings. The number of nitrogens with one attached hydrogen (secondary N) is 1. The van der Waals surface area contributed by atoms with E-state index in [0.29, 0.717) is 4.47 Å². The lowest BCUT2D eigenvalue weighted by atomic mass is 10.3. The van der Waals surface area contributed by atoms with E-state index >= 15 is 0 Å². The molecule has 8 nitrogen and oxygen atoms in total. The highest BCUT2D eigenvalue weighted by Crippen LogP contribution is 2.34. The smallest absolute Gasteiger partial charge is 0.352 e. The molecule has 0 amide bonds. The second kappa shape index (κ2) is 5.97. The van der Waals surface area contributed by atoms with Crippen molar-refractivity contribution in [3.05, 3.63) is 44.3 Å². The molecule has 3 N–H and O–H groups in total. The van der Waals surface area contributed by atoms with Gasteiger partial charge in [0, 0.05) is 4.47 Å². The number of rotatable bonds is 4. The van der Waals surface area contributed by atoms with Crippen molar-refractivity contribution in [1.29, 1.82) is 0 Å². The quantitative estimate of drug-likeness (QED) is 0.490. The Balaban J connectivity index is 2.54. The summed E-state index contributed by atoms with van der Waals surface area (Å²) in [5.74, 6) is 3.79. The zero-order valence-electron chi connectivity index (χ0n) is 10.6. The summed E-state index contributed by atoms with van der Waals surface area (Å²) in [4.78, 5) is 17.9. The summed E-state index contributed by atoms with van der Waals surface area (Å²) in [5, 5.41) is 11.1. The molecule has 110 valence electrons. The van der Waals surface area contributed by atoms with E-state index in [-0.39, 0.29) is 17.4 Å². The summed E-state index contributed by atoms with van der Waals surface area (Å²) in [6.45, 7) is 1.39. The van der Waals surface area contributed by atoms with E-state index in [0.717, 1.165) is 6.07 Å². The second-order valence-corrected chi connectivity index (χ2v) is 4.78. The SMILES string of the molecule is Cc1nc(NN)nc(Oc2cc(Br)ccc2F)c1[N+](=O)[O-]. The van der Waals surface area contributed by atoms with Crippen LogP contribution in [0.3, 0.4) is 0 Å². The molecule has 0 aliphatic carbocycles. The number of nitrogens with two attached hydrogens (primary N) is 1. The Morgan fingerprint density at radius 1 is 1.48 bits per heavy atom. The number of anilines is 1. The van der Waals surface area contributed by atoms with Gasteiger partial charge >= 0.3 is 11.6 Å². The van der Waals surface area contributed by atoms with Crippen molar-refractivity contribution in [2.24, 2.45) is 5.84 Å². The van der Waals surface area contributed by atoms with Gasteiger partial charge in [-0.05, 0) is 25.1 Å². The lowest BCUT2D eigenvalue weighted by Crippen LogP contribution is -2.13. The topological polar surface area (TPSA) is 116 Å². The van der Waals surface area contributed by atoms with Gasteiger partial charge < -0.3 is 4.74 Å². The zero-order chi connectivity index (χ0) is 15.6. The first-order chi connectivity index (χ1) is 9.92. The molecule has 10 heteroatoms. The molecule has 1 aromatic heterocycles. The maximum absolute atomic E-state index is 13.7. The van der Waals surface area contributed by atoms with Crippen LogP contribution >= 0.6 is 15.9 Å². The third kappa shape index (κ3) is 3.23. The fourth-order valence-electron chi connectivity index (χ4n) is 1.55. The molecule has 0 unspecified atom stereocenters. The maximum atomic E-state index is 13.7. The van der Waals surface area contributed by atoms with Crippen LogP contribution in [0.2, 0.25) is 0 Å². The number of aryl methyl sites for hydroxylation is 1. The summed E-state index contributed by atoms with van der Waals surface area (Å²) in [6.07, 6.45) is 0. The summed E-state index contributed by atoms with van der Waals surface area (Å²) in [7, 11) is 0. The van der Waals surface area contributed by atoms with Crippen LogP contribution in [0.15, 0.2) is 22.7 Å². The fraction of sp³-hybridized carbons (Fsp3) is 0.0909. The van der Waals surface area contributed by atoms with Gasteiger partial charge in [-0.1, -0.05) is 15.9 Å². The molecule has 0 atom stereocenters. The monoisotopic (exact) mass is 357 g/mol. The first-order valence-corrected chi connectivity index (χ1v) is 6.34. The molecule has 2 rings (SSSR count). The number of aromatic nitrogens is 2. The van der Waals surface area contributed by atoms with Gasteiger partial charge in [0.05, 0.1) is 4.92 Å². The molecule has 0 fully saturated rings. The summed E-state index contributed by atoms with van der Waals surface area (Å²) in [6, 6.07) is 3.95. The summed E-state index contributed by atoms with van der Waals surface area (Å²) < 4.78 is 19.4. The molecule has 1 heterocycles. The minimum Gasteiger partial charge on any atom is -0.430 e. The molecule has 0 aliphatic rings. The fourth-order valence-corrected chi connectivity index (χ4v) is 1.89. The highest BCUT2D eigenvalue weighted by molar-refractivity contribution is 9.10. The molecule has 0 saturated heterocycles. The lowest BCUT2D eigenvalue weighted by Gasteiger charge is -2.09. The van der Waals surface area contributed by atoms with Gasteiger partial charge in [-0.3, -0.25) is 15.5 Å². The van der Waals surface area contributed by atoms with Gasteiger partial charge in [0.1, 0.15) is 5.69 Å². The normalized spacial score (nSPS) is 10.3. The Kier molecular flexibility index (Phi) is 4.29. The van der Waals surface area contributed by atoms with Gasteiger partial charge in [-0.2, -0.15) is 4.98 Å². The van der Waals surface area contributed by atoms with Crippen LogP contribution in [0.5, 0.6) is 11.6 Å². The summed E-state index contributed by atoms with van der Waals surface area (Å²) >= 11 is 3.15. The number of halogens is 2. The molecule has 1 aromatic carbocycles. The Bertz CT molecular complexity index is 712. The van der Waals surface area contributed by atoms with Crippen molar-refractivity contribution >= 4 is 27.6 Å². The second-order valence-electron chi connectivity index (χ2n) is 3.86. The lowest BCUT2D eigenvalue weighted by molar-refractivity contribution is -0.386. The van der Waals surface area contributed by atoms with Crippen molar-refractivity contribution in [3.63, 3.8) is 0 Å². The average molecular weight is 358 g/mol. The molecular formula is C11H9BrFN5O3. The standard InChI is InChI=1S/C11H9BrFN5O3/c1-5-9(18(19)20)10(16-11(15-5)17-14)21-8-4-6(12)2-3-7(8)13/h2-4H,14H2,1H3,(H,15,16,17). The zero-order valence-corrected chi connectivity index (χ0v) is 12.2. The molecular weight excluding hydrogens is 349 g/mol. The number of hydrogen-bond acceptors (Lipinski definition) is 7. The third-order valence-electron chi connectivity index (χ3n) is 2.44. The van der Waals surface area contributed by atoms with E-state index < -0.39 is 22.3 Å². The van der Waals surface area contributed by atoms with Crippen molar-refractivity contribution < 1.29 is 14.1 Å². The van der Waals surface area contributed by atoms with Crippen molar-refractivity contribution in [2.75, 3.05) is 5.43 Å². The molecule has 0 spiro atoms. The predicted octanol–water partition coefficient (Wildman–Crippen LogP) is 2.67. The molecule has 0 radical (unpaired) electrons. The van der Waals surface area contributed by atoms with Crippen molar-refractivity contribution in [1.82, 2.24) is 9.97 Å². The van der Waals surface area contributed by atoms with Crippen LogP contribution in [0, 0.1) is 22.9 Å². The Morgan fingerprint density at radius 3 is 2.81 bits per heavy atom. The number of benzene rings is 1. The Hall–Kier alpha value is -2.33. The van der Waals surface area contributed by atoms with Gasteiger partial charge in [-0.15, -0.1) is 0 Å². The number of hydrogen-bond donors (Lipinski definition) is 2. The molecule has 0 saturated carbocycles. The number of ether oxygens (including phenoxy) is 1. The molecule has 0 bridgehead atoms. The van der Waals surface area contributed by atoms with E-state index in [1.54, 1.807) is 0 Å². The number of nitro groups is 1. The Morgan fingerprint density at radius 2 is 2.19 bits per heavy atom. The third-order valence-corrected chi connectivity index (χ3v) is 2.93. The maximum Gasteiger partial charge on any atom is 0.352 e. The van der Waals surface area contributed by atoms with Crippen LogP contribution in [0.25, 0.3) is 0 Å². The first kappa shape index (κ1) is 15.1. The first-order valence-electron chi connectivity index (χ1n) is 5.55. The van der Waals surface area contributed by atoms with E-state index in [1.165, 1.54) is 19.1 Å². The number of nitrogen functional groups attached to an aromatic ring is 1. The van der Waals surface area contributed by atoms with Gasteiger partial charge in [0.2, 0.25) is 5.95 Å². The van der Waals surface area contributed by atoms with E-state index in [2.05, 4.69) is 31.3 Å². The van der Waals surface area contributed by atoms with Gasteiger partial charge in [0.15, 0.2) is 11.6 Å². The minimum atomic E-state index is -0.707. The average Bonchev–Trinajstić information content (AvgIpc) is 2.41. The van der Waals surface area contributed by atoms with E-state index in [1.807, 2.05) is 0 Å². The van der Waals surface area contributed by atoms with Crippen LogP contribution in [-0.4, -0.2) is 14.9 Å².